The number of carbonyl (C=O) groups is 1. The Balaban J connectivity index is 1.89. The van der Waals surface area contributed by atoms with Crippen LogP contribution in [0, 0.1) is 5.82 Å². The van der Waals surface area contributed by atoms with Crippen LogP contribution in [0.3, 0.4) is 0 Å². The summed E-state index contributed by atoms with van der Waals surface area (Å²) in [6.07, 6.45) is 0.792. The van der Waals surface area contributed by atoms with E-state index in [9.17, 15) is 9.18 Å². The van der Waals surface area contributed by atoms with Gasteiger partial charge in [-0.25, -0.2) is 4.39 Å². The molecule has 4 aromatic carbocycles. The molecule has 0 radical (unpaired) electrons. The van der Waals surface area contributed by atoms with Gasteiger partial charge in [0.2, 0.25) is 0 Å². The van der Waals surface area contributed by atoms with E-state index in [4.69, 9.17) is 4.74 Å². The standard InChI is InChI=1S/C23H15FO2/c24-19-6-3-5-18(14-19)22-13-10-17-4-1-2-7-21(17)23(22)26-20-11-8-16(15-25)9-12-20/h1-15H. The number of fused-ring (bicyclic) bond motifs is 1. The number of halogens is 1. The molecule has 0 aliphatic rings. The average molecular weight is 342 g/mol. The molecule has 3 heteroatoms. The van der Waals surface area contributed by atoms with Crippen molar-refractivity contribution in [1.29, 1.82) is 0 Å². The van der Waals surface area contributed by atoms with Crippen LogP contribution in [-0.2, 0) is 0 Å². The molecule has 2 nitrogen and oxygen atoms in total. The number of ether oxygens (including phenoxy) is 1. The third-order valence-corrected chi connectivity index (χ3v) is 4.25. The Kier molecular flexibility index (Phi) is 4.20. The van der Waals surface area contributed by atoms with Crippen LogP contribution in [0.5, 0.6) is 11.5 Å². The molecule has 0 spiro atoms. The zero-order valence-electron chi connectivity index (χ0n) is 13.9. The minimum Gasteiger partial charge on any atom is -0.456 e. The van der Waals surface area contributed by atoms with Gasteiger partial charge < -0.3 is 4.74 Å². The Bertz CT molecular complexity index is 1080. The molecule has 0 N–H and O–H groups in total. The summed E-state index contributed by atoms with van der Waals surface area (Å²) in [5.41, 5.74) is 2.14. The van der Waals surface area contributed by atoms with Gasteiger partial charge >= 0.3 is 0 Å². The quantitative estimate of drug-likeness (QED) is 0.410. The number of carbonyl (C=O) groups excluding carboxylic acids is 1. The van der Waals surface area contributed by atoms with Crippen molar-refractivity contribution < 1.29 is 13.9 Å². The van der Waals surface area contributed by atoms with Gasteiger partial charge in [0.05, 0.1) is 0 Å². The second kappa shape index (κ2) is 6.81. The summed E-state index contributed by atoms with van der Waals surface area (Å²) in [5.74, 6) is 0.981. The lowest BCUT2D eigenvalue weighted by Gasteiger charge is -2.15. The fourth-order valence-electron chi connectivity index (χ4n) is 2.97. The van der Waals surface area contributed by atoms with Gasteiger partial charge in [-0.1, -0.05) is 42.5 Å². The Hall–Kier alpha value is -3.46. The first-order valence-corrected chi connectivity index (χ1v) is 8.25. The molecule has 0 aliphatic heterocycles. The molecule has 0 saturated carbocycles. The Morgan fingerprint density at radius 3 is 2.38 bits per heavy atom. The van der Waals surface area contributed by atoms with E-state index < -0.39 is 0 Å². The topological polar surface area (TPSA) is 26.3 Å². The molecule has 0 amide bonds. The molecule has 0 heterocycles. The van der Waals surface area contributed by atoms with Gasteiger partial charge in [0, 0.05) is 16.5 Å². The van der Waals surface area contributed by atoms with Crippen LogP contribution in [0.15, 0.2) is 84.9 Å². The lowest BCUT2D eigenvalue weighted by molar-refractivity contribution is 0.112. The molecule has 0 fully saturated rings. The number of hydrogen-bond donors (Lipinski definition) is 0. The number of benzene rings is 4. The molecule has 0 unspecified atom stereocenters. The smallest absolute Gasteiger partial charge is 0.150 e. The number of aldehydes is 1. The molecule has 4 rings (SSSR count). The van der Waals surface area contributed by atoms with E-state index >= 15 is 0 Å². The molecule has 26 heavy (non-hydrogen) atoms. The first kappa shape index (κ1) is 16.0. The van der Waals surface area contributed by atoms with Crippen molar-refractivity contribution in [3.8, 4) is 22.6 Å². The molecule has 0 aliphatic carbocycles. The van der Waals surface area contributed by atoms with Crippen molar-refractivity contribution in [3.63, 3.8) is 0 Å². The largest absolute Gasteiger partial charge is 0.456 e. The zero-order chi connectivity index (χ0) is 17.9. The summed E-state index contributed by atoms with van der Waals surface area (Å²) >= 11 is 0. The highest BCUT2D eigenvalue weighted by atomic mass is 19.1. The van der Waals surface area contributed by atoms with Crippen LogP contribution < -0.4 is 4.74 Å². The molecular formula is C23H15FO2. The Labute approximate surface area is 150 Å². The van der Waals surface area contributed by atoms with E-state index in [1.54, 1.807) is 30.3 Å². The molecule has 126 valence electrons. The summed E-state index contributed by atoms with van der Waals surface area (Å²) in [6, 6.07) is 25.2. The fraction of sp³-hybridized carbons (Fsp3) is 0. The third-order valence-electron chi connectivity index (χ3n) is 4.25. The summed E-state index contributed by atoms with van der Waals surface area (Å²) in [5, 5.41) is 1.97. The van der Waals surface area contributed by atoms with Gasteiger partial charge in [-0.2, -0.15) is 0 Å². The highest BCUT2D eigenvalue weighted by molar-refractivity contribution is 5.95. The summed E-state index contributed by atoms with van der Waals surface area (Å²) in [6.45, 7) is 0. The fourth-order valence-corrected chi connectivity index (χ4v) is 2.97. The normalized spacial score (nSPS) is 10.7. The van der Waals surface area contributed by atoms with Crippen molar-refractivity contribution in [1.82, 2.24) is 0 Å². The maximum Gasteiger partial charge on any atom is 0.150 e. The maximum atomic E-state index is 13.7. The van der Waals surface area contributed by atoms with Gasteiger partial charge in [0.15, 0.2) is 0 Å². The summed E-state index contributed by atoms with van der Waals surface area (Å²) in [7, 11) is 0. The first-order valence-electron chi connectivity index (χ1n) is 8.25. The van der Waals surface area contributed by atoms with E-state index in [0.29, 0.717) is 17.1 Å². The van der Waals surface area contributed by atoms with Crippen LogP contribution in [-0.4, -0.2) is 6.29 Å². The van der Waals surface area contributed by atoms with Gasteiger partial charge in [-0.3, -0.25) is 4.79 Å². The lowest BCUT2D eigenvalue weighted by Crippen LogP contribution is -1.91. The number of rotatable bonds is 4. The minimum atomic E-state index is -0.294. The van der Waals surface area contributed by atoms with Crippen LogP contribution in [0.4, 0.5) is 4.39 Å². The Morgan fingerprint density at radius 2 is 1.62 bits per heavy atom. The maximum absolute atomic E-state index is 13.7. The van der Waals surface area contributed by atoms with Crippen molar-refractivity contribution >= 4 is 17.1 Å². The second-order valence-corrected chi connectivity index (χ2v) is 5.96. The van der Waals surface area contributed by atoms with E-state index in [1.165, 1.54) is 12.1 Å². The van der Waals surface area contributed by atoms with Crippen LogP contribution in [0.2, 0.25) is 0 Å². The number of hydrogen-bond acceptors (Lipinski definition) is 2. The highest BCUT2D eigenvalue weighted by Crippen LogP contribution is 2.39. The zero-order valence-corrected chi connectivity index (χ0v) is 13.9. The molecule has 0 aromatic heterocycles. The van der Waals surface area contributed by atoms with Crippen LogP contribution in [0.1, 0.15) is 10.4 Å². The Morgan fingerprint density at radius 1 is 0.808 bits per heavy atom. The first-order chi connectivity index (χ1) is 12.7. The molecule has 0 saturated heterocycles. The summed E-state index contributed by atoms with van der Waals surface area (Å²) < 4.78 is 19.9. The average Bonchev–Trinajstić information content (AvgIpc) is 2.69. The molecular weight excluding hydrogens is 327 g/mol. The predicted octanol–water partition coefficient (Wildman–Crippen LogP) is 6.25. The molecule has 4 aromatic rings. The van der Waals surface area contributed by atoms with E-state index in [-0.39, 0.29) is 5.82 Å². The molecule has 0 bridgehead atoms. The van der Waals surface area contributed by atoms with Gasteiger partial charge in [0.25, 0.3) is 0 Å². The SMILES string of the molecule is O=Cc1ccc(Oc2c(-c3cccc(F)c3)ccc3ccccc23)cc1. The van der Waals surface area contributed by atoms with Crippen molar-refractivity contribution in [2.75, 3.05) is 0 Å². The van der Waals surface area contributed by atoms with E-state index in [2.05, 4.69) is 0 Å². The van der Waals surface area contributed by atoms with Crippen molar-refractivity contribution in [3.05, 3.63) is 96.3 Å². The van der Waals surface area contributed by atoms with Crippen molar-refractivity contribution in [2.45, 2.75) is 0 Å². The minimum absolute atomic E-state index is 0.294. The second-order valence-electron chi connectivity index (χ2n) is 5.96. The van der Waals surface area contributed by atoms with Crippen LogP contribution >= 0.6 is 0 Å². The van der Waals surface area contributed by atoms with Gasteiger partial charge in [-0.05, 0) is 53.4 Å². The predicted molar refractivity (Wildman–Crippen MR) is 101 cm³/mol. The van der Waals surface area contributed by atoms with E-state index in [1.807, 2.05) is 42.5 Å². The van der Waals surface area contributed by atoms with Gasteiger partial charge in [0.1, 0.15) is 23.6 Å². The van der Waals surface area contributed by atoms with Gasteiger partial charge in [-0.15, -0.1) is 0 Å². The lowest BCUT2D eigenvalue weighted by atomic mass is 9.99. The molecule has 0 atom stereocenters. The third kappa shape index (κ3) is 3.07. The van der Waals surface area contributed by atoms with Crippen LogP contribution in [0.25, 0.3) is 21.9 Å². The highest BCUT2D eigenvalue weighted by Gasteiger charge is 2.12. The van der Waals surface area contributed by atoms with E-state index in [0.717, 1.165) is 28.2 Å². The monoisotopic (exact) mass is 342 g/mol. The summed E-state index contributed by atoms with van der Waals surface area (Å²) in [4.78, 5) is 10.8. The van der Waals surface area contributed by atoms with Crippen molar-refractivity contribution in [2.24, 2.45) is 0 Å².